The van der Waals surface area contributed by atoms with Gasteiger partial charge in [-0.05, 0) is 97.0 Å². The van der Waals surface area contributed by atoms with Gasteiger partial charge in [-0.15, -0.1) is 0 Å². The average molecular weight is 525 g/mol. The summed E-state index contributed by atoms with van der Waals surface area (Å²) in [4.78, 5) is 23.5. The first-order chi connectivity index (χ1) is 18.2. The van der Waals surface area contributed by atoms with Crippen molar-refractivity contribution >= 4 is 17.3 Å². The molecule has 38 heavy (non-hydrogen) atoms. The Bertz CT molecular complexity index is 984. The second-order valence-electron chi connectivity index (χ2n) is 13.5. The zero-order chi connectivity index (χ0) is 26.5. The molecule has 1 amide bonds. The number of carbonyl (C=O) groups is 1. The summed E-state index contributed by atoms with van der Waals surface area (Å²) < 4.78 is 12.1. The molecule has 1 aromatic carbocycles. The van der Waals surface area contributed by atoms with Gasteiger partial charge in [-0.1, -0.05) is 6.42 Å². The minimum Gasteiger partial charge on any atom is -0.370 e. The molecule has 4 atom stereocenters. The van der Waals surface area contributed by atoms with Crippen LogP contribution in [-0.4, -0.2) is 91.6 Å². The summed E-state index contributed by atoms with van der Waals surface area (Å²) in [7, 11) is 0. The molecule has 0 radical (unpaired) electrons. The van der Waals surface area contributed by atoms with Crippen molar-refractivity contribution in [3.8, 4) is 0 Å². The van der Waals surface area contributed by atoms with E-state index in [1.165, 1.54) is 37.9 Å². The van der Waals surface area contributed by atoms with E-state index in [1.807, 2.05) is 4.90 Å². The molecule has 1 spiro atoms. The topological polar surface area (TPSA) is 48.5 Å². The van der Waals surface area contributed by atoms with Crippen LogP contribution in [0.2, 0.25) is 0 Å². The van der Waals surface area contributed by atoms with E-state index in [0.29, 0.717) is 18.6 Å². The number of piperidine rings is 2. The molecular weight excluding hydrogens is 476 g/mol. The standard InChI is InChI=1S/C31H48N4O3/c1-23-7-5-6-16-34(23)26-12-17-33(21-26)24-8-10-25(11-9-24)35-20-15-31(29(35)36)13-18-32(19-14-31)28-27(22-37-28)38-30(2,3)4/h8-11,23,26-28H,5-7,12-22H2,1-4H3. The average Bonchev–Trinajstić information content (AvgIpc) is 3.49. The first kappa shape index (κ1) is 26.5. The van der Waals surface area contributed by atoms with Gasteiger partial charge in [-0.25, -0.2) is 0 Å². The molecule has 5 aliphatic heterocycles. The van der Waals surface area contributed by atoms with Gasteiger partial charge in [0.15, 0.2) is 0 Å². The monoisotopic (exact) mass is 524 g/mol. The summed E-state index contributed by atoms with van der Waals surface area (Å²) in [5.74, 6) is 0.322. The third kappa shape index (κ3) is 5.12. The van der Waals surface area contributed by atoms with Crippen molar-refractivity contribution < 1.29 is 14.3 Å². The Hall–Kier alpha value is -1.67. The summed E-state index contributed by atoms with van der Waals surface area (Å²) in [6.07, 6.45) is 8.27. The molecule has 0 aromatic heterocycles. The Labute approximate surface area is 229 Å². The van der Waals surface area contributed by atoms with E-state index in [-0.39, 0.29) is 23.3 Å². The van der Waals surface area contributed by atoms with Crippen molar-refractivity contribution in [1.29, 1.82) is 0 Å². The van der Waals surface area contributed by atoms with Crippen LogP contribution in [0.15, 0.2) is 24.3 Å². The number of amides is 1. The fourth-order valence-electron chi connectivity index (χ4n) is 7.64. The molecule has 5 fully saturated rings. The minimum atomic E-state index is -0.216. The summed E-state index contributed by atoms with van der Waals surface area (Å²) in [6, 6.07) is 10.2. The molecule has 5 saturated heterocycles. The Kier molecular flexibility index (Phi) is 7.25. The number of anilines is 2. The third-order valence-electron chi connectivity index (χ3n) is 9.90. The molecule has 0 bridgehead atoms. The molecule has 7 nitrogen and oxygen atoms in total. The summed E-state index contributed by atoms with van der Waals surface area (Å²) in [5.41, 5.74) is 1.97. The predicted octanol–water partition coefficient (Wildman–Crippen LogP) is 4.50. The largest absolute Gasteiger partial charge is 0.370 e. The molecule has 0 N–H and O–H groups in total. The van der Waals surface area contributed by atoms with Gasteiger partial charge < -0.3 is 19.3 Å². The van der Waals surface area contributed by atoms with E-state index in [4.69, 9.17) is 9.47 Å². The van der Waals surface area contributed by atoms with Crippen LogP contribution in [0.5, 0.6) is 0 Å². The van der Waals surface area contributed by atoms with Gasteiger partial charge in [0.1, 0.15) is 12.3 Å². The van der Waals surface area contributed by atoms with Crippen LogP contribution in [0, 0.1) is 5.41 Å². The lowest BCUT2D eigenvalue weighted by molar-refractivity contribution is -0.273. The number of carbonyl (C=O) groups excluding carboxylic acids is 1. The molecule has 0 aliphatic carbocycles. The number of likely N-dealkylation sites (tertiary alicyclic amines) is 2. The third-order valence-corrected chi connectivity index (χ3v) is 9.90. The second-order valence-corrected chi connectivity index (χ2v) is 13.5. The van der Waals surface area contributed by atoms with Crippen molar-refractivity contribution in [2.24, 2.45) is 5.41 Å². The number of benzene rings is 1. The maximum absolute atomic E-state index is 13.7. The Morgan fingerprint density at radius 2 is 1.63 bits per heavy atom. The molecule has 6 rings (SSSR count). The van der Waals surface area contributed by atoms with Crippen molar-refractivity contribution in [2.45, 2.75) is 103 Å². The molecule has 7 heteroatoms. The van der Waals surface area contributed by atoms with Gasteiger partial charge in [0.05, 0.1) is 17.6 Å². The number of rotatable bonds is 5. The van der Waals surface area contributed by atoms with Gasteiger partial charge >= 0.3 is 0 Å². The second kappa shape index (κ2) is 10.4. The quantitative estimate of drug-likeness (QED) is 0.565. The van der Waals surface area contributed by atoms with E-state index in [2.05, 4.69) is 66.7 Å². The zero-order valence-corrected chi connectivity index (χ0v) is 24.0. The number of hydrogen-bond acceptors (Lipinski definition) is 6. The van der Waals surface area contributed by atoms with Crippen molar-refractivity contribution in [3.05, 3.63) is 24.3 Å². The lowest BCUT2D eigenvalue weighted by Crippen LogP contribution is -2.61. The van der Waals surface area contributed by atoms with E-state index >= 15 is 0 Å². The van der Waals surface area contributed by atoms with Gasteiger partial charge in [0, 0.05) is 56.2 Å². The van der Waals surface area contributed by atoms with E-state index in [1.54, 1.807) is 0 Å². The minimum absolute atomic E-state index is 0.0371. The van der Waals surface area contributed by atoms with Crippen LogP contribution < -0.4 is 9.80 Å². The highest BCUT2D eigenvalue weighted by Crippen LogP contribution is 2.44. The van der Waals surface area contributed by atoms with Crippen LogP contribution in [0.4, 0.5) is 11.4 Å². The Morgan fingerprint density at radius 1 is 0.921 bits per heavy atom. The highest BCUT2D eigenvalue weighted by molar-refractivity contribution is 6.00. The Morgan fingerprint density at radius 3 is 2.29 bits per heavy atom. The van der Waals surface area contributed by atoms with Crippen molar-refractivity contribution in [2.75, 3.05) is 55.7 Å². The van der Waals surface area contributed by atoms with Crippen molar-refractivity contribution in [1.82, 2.24) is 9.80 Å². The van der Waals surface area contributed by atoms with Crippen LogP contribution >= 0.6 is 0 Å². The maximum atomic E-state index is 13.7. The van der Waals surface area contributed by atoms with Gasteiger partial charge in [-0.3, -0.25) is 14.6 Å². The smallest absolute Gasteiger partial charge is 0.233 e. The first-order valence-corrected chi connectivity index (χ1v) is 15.2. The normalized spacial score (nSPS) is 32.8. The van der Waals surface area contributed by atoms with Gasteiger partial charge in [0.2, 0.25) is 5.91 Å². The van der Waals surface area contributed by atoms with Crippen LogP contribution in [0.1, 0.15) is 72.6 Å². The fourth-order valence-corrected chi connectivity index (χ4v) is 7.64. The Balaban J connectivity index is 1.03. The summed E-state index contributed by atoms with van der Waals surface area (Å²) >= 11 is 0. The van der Waals surface area contributed by atoms with Gasteiger partial charge in [-0.2, -0.15) is 0 Å². The SMILES string of the molecule is CC1CCCCN1C1CCN(c2ccc(N3CCC4(CCN(C5OCC5OC(C)(C)C)CC4)C3=O)cc2)C1. The maximum Gasteiger partial charge on any atom is 0.233 e. The molecule has 0 saturated carbocycles. The summed E-state index contributed by atoms with van der Waals surface area (Å²) in [6.45, 7) is 15.5. The van der Waals surface area contributed by atoms with Gasteiger partial charge in [0.25, 0.3) is 0 Å². The summed E-state index contributed by atoms with van der Waals surface area (Å²) in [5, 5.41) is 0. The predicted molar refractivity (Wildman–Crippen MR) is 152 cm³/mol. The molecule has 5 aliphatic rings. The lowest BCUT2D eigenvalue weighted by atomic mass is 9.77. The molecular formula is C31H48N4O3. The highest BCUT2D eigenvalue weighted by Gasteiger charge is 2.51. The van der Waals surface area contributed by atoms with Crippen LogP contribution in [-0.2, 0) is 14.3 Å². The molecule has 5 heterocycles. The van der Waals surface area contributed by atoms with Crippen molar-refractivity contribution in [3.63, 3.8) is 0 Å². The van der Waals surface area contributed by atoms with E-state index in [9.17, 15) is 4.79 Å². The number of hydrogen-bond donors (Lipinski definition) is 0. The zero-order valence-electron chi connectivity index (χ0n) is 24.0. The van der Waals surface area contributed by atoms with E-state index < -0.39 is 0 Å². The number of nitrogens with zero attached hydrogens (tertiary/aromatic N) is 4. The first-order valence-electron chi connectivity index (χ1n) is 15.2. The molecule has 210 valence electrons. The fraction of sp³-hybridized carbons (Fsp3) is 0.774. The van der Waals surface area contributed by atoms with Crippen LogP contribution in [0.25, 0.3) is 0 Å². The highest BCUT2D eigenvalue weighted by atomic mass is 16.6. The van der Waals surface area contributed by atoms with Crippen LogP contribution in [0.3, 0.4) is 0 Å². The molecule has 1 aromatic rings. The number of ether oxygens (including phenoxy) is 2. The van der Waals surface area contributed by atoms with E-state index in [0.717, 1.165) is 63.7 Å². The molecule has 4 unspecified atom stereocenters. The lowest BCUT2D eigenvalue weighted by Gasteiger charge is -2.49.